The van der Waals surface area contributed by atoms with Gasteiger partial charge in [-0.05, 0) is 47.0 Å². The number of rotatable bonds is 10. The van der Waals surface area contributed by atoms with Crippen LogP contribution in [-0.4, -0.2) is 63.6 Å². The monoisotopic (exact) mass is 456 g/mol. The second-order valence-corrected chi connectivity index (χ2v) is 6.93. The standard InChI is InChI=1S/C17H36N4O2.HI/c1-5-18-16(20-10-11-21-17(2,3)4)19-9-7-12-22-14-15-8-6-13-23-15;/h15,21H,5-14H2,1-4H3,(H2,18,19,20);1H. The van der Waals surface area contributed by atoms with Crippen LogP contribution in [-0.2, 0) is 9.47 Å². The minimum Gasteiger partial charge on any atom is -0.379 e. The van der Waals surface area contributed by atoms with Crippen molar-refractivity contribution in [3.8, 4) is 0 Å². The van der Waals surface area contributed by atoms with Crippen molar-refractivity contribution in [1.82, 2.24) is 16.0 Å². The molecule has 0 spiro atoms. The number of aliphatic imine (C=N–C) groups is 1. The summed E-state index contributed by atoms with van der Waals surface area (Å²) in [5.41, 5.74) is 0.150. The zero-order valence-electron chi connectivity index (χ0n) is 15.8. The fourth-order valence-corrected chi connectivity index (χ4v) is 2.31. The van der Waals surface area contributed by atoms with Gasteiger partial charge in [0.15, 0.2) is 5.96 Å². The molecule has 1 saturated heterocycles. The highest BCUT2D eigenvalue weighted by Gasteiger charge is 2.14. The molecular formula is C17H37IN4O2. The Labute approximate surface area is 164 Å². The summed E-state index contributed by atoms with van der Waals surface area (Å²) >= 11 is 0. The van der Waals surface area contributed by atoms with Gasteiger partial charge in [-0.3, -0.25) is 4.99 Å². The molecule has 7 heteroatoms. The molecule has 1 heterocycles. The van der Waals surface area contributed by atoms with E-state index in [1.807, 2.05) is 0 Å². The fraction of sp³-hybridized carbons (Fsp3) is 0.941. The maximum Gasteiger partial charge on any atom is 0.191 e. The van der Waals surface area contributed by atoms with E-state index in [0.29, 0.717) is 6.10 Å². The summed E-state index contributed by atoms with van der Waals surface area (Å²) in [5, 5.41) is 10.1. The fourth-order valence-electron chi connectivity index (χ4n) is 2.31. The van der Waals surface area contributed by atoms with E-state index in [0.717, 1.165) is 64.8 Å². The first kappa shape index (κ1) is 23.9. The topological polar surface area (TPSA) is 66.9 Å². The predicted octanol–water partition coefficient (Wildman–Crippen LogP) is 2.13. The Kier molecular flexibility index (Phi) is 14.0. The van der Waals surface area contributed by atoms with Gasteiger partial charge in [0.25, 0.3) is 0 Å². The SMILES string of the molecule is CCNC(=NCCCOCC1CCCO1)NCCNC(C)(C)C.I. The van der Waals surface area contributed by atoms with E-state index in [1.165, 1.54) is 6.42 Å². The van der Waals surface area contributed by atoms with Crippen LogP contribution in [0, 0.1) is 0 Å². The van der Waals surface area contributed by atoms with Crippen LogP contribution in [0.4, 0.5) is 0 Å². The molecule has 0 bridgehead atoms. The summed E-state index contributed by atoms with van der Waals surface area (Å²) in [6.45, 7) is 14.4. The third kappa shape index (κ3) is 13.2. The van der Waals surface area contributed by atoms with Crippen LogP contribution in [0.15, 0.2) is 4.99 Å². The van der Waals surface area contributed by atoms with Gasteiger partial charge in [0, 0.05) is 44.9 Å². The van der Waals surface area contributed by atoms with E-state index >= 15 is 0 Å². The maximum absolute atomic E-state index is 5.65. The van der Waals surface area contributed by atoms with E-state index in [2.05, 4.69) is 48.6 Å². The summed E-state index contributed by atoms with van der Waals surface area (Å²) in [4.78, 5) is 4.57. The second kappa shape index (κ2) is 14.1. The Hall–Kier alpha value is -0.120. The minimum atomic E-state index is 0. The number of hydrogen-bond acceptors (Lipinski definition) is 4. The lowest BCUT2D eigenvalue weighted by Crippen LogP contribution is -2.44. The molecule has 0 aliphatic carbocycles. The Morgan fingerprint density at radius 1 is 1.25 bits per heavy atom. The smallest absolute Gasteiger partial charge is 0.191 e. The molecule has 1 aliphatic heterocycles. The Bertz CT molecular complexity index is 329. The highest BCUT2D eigenvalue weighted by atomic mass is 127. The largest absolute Gasteiger partial charge is 0.379 e. The summed E-state index contributed by atoms with van der Waals surface area (Å²) in [6.07, 6.45) is 3.55. The number of guanidine groups is 1. The molecule has 0 saturated carbocycles. The highest BCUT2D eigenvalue weighted by Crippen LogP contribution is 2.11. The van der Waals surface area contributed by atoms with Crippen LogP contribution in [0.2, 0.25) is 0 Å². The zero-order valence-corrected chi connectivity index (χ0v) is 18.2. The molecule has 1 rings (SSSR count). The van der Waals surface area contributed by atoms with Crippen LogP contribution in [0.25, 0.3) is 0 Å². The van der Waals surface area contributed by atoms with Crippen molar-refractivity contribution in [1.29, 1.82) is 0 Å². The van der Waals surface area contributed by atoms with Crippen molar-refractivity contribution in [3.05, 3.63) is 0 Å². The van der Waals surface area contributed by atoms with E-state index in [1.54, 1.807) is 0 Å². The third-order valence-corrected chi connectivity index (χ3v) is 3.46. The normalized spacial score (nSPS) is 18.3. The molecule has 1 unspecified atom stereocenters. The average Bonchev–Trinajstić information content (AvgIpc) is 2.99. The van der Waals surface area contributed by atoms with Crippen molar-refractivity contribution in [2.24, 2.45) is 4.99 Å². The molecule has 0 aromatic carbocycles. The van der Waals surface area contributed by atoms with Crippen LogP contribution < -0.4 is 16.0 Å². The van der Waals surface area contributed by atoms with E-state index in [9.17, 15) is 0 Å². The van der Waals surface area contributed by atoms with Gasteiger partial charge in [0.1, 0.15) is 0 Å². The Morgan fingerprint density at radius 2 is 2.04 bits per heavy atom. The first-order chi connectivity index (χ1) is 11.0. The molecule has 24 heavy (non-hydrogen) atoms. The van der Waals surface area contributed by atoms with Crippen molar-refractivity contribution >= 4 is 29.9 Å². The zero-order chi connectivity index (χ0) is 17.0. The van der Waals surface area contributed by atoms with Crippen molar-refractivity contribution in [2.75, 3.05) is 46.0 Å². The van der Waals surface area contributed by atoms with Gasteiger partial charge in [0.2, 0.25) is 0 Å². The molecule has 1 atom stereocenters. The van der Waals surface area contributed by atoms with Gasteiger partial charge in [0.05, 0.1) is 12.7 Å². The van der Waals surface area contributed by atoms with E-state index in [-0.39, 0.29) is 29.5 Å². The third-order valence-electron chi connectivity index (χ3n) is 3.46. The quantitative estimate of drug-likeness (QED) is 0.204. The van der Waals surface area contributed by atoms with Crippen LogP contribution in [0.1, 0.15) is 47.0 Å². The molecule has 6 nitrogen and oxygen atoms in total. The van der Waals surface area contributed by atoms with Crippen LogP contribution in [0.5, 0.6) is 0 Å². The lowest BCUT2D eigenvalue weighted by molar-refractivity contribution is 0.0171. The summed E-state index contributed by atoms with van der Waals surface area (Å²) < 4.78 is 11.2. The predicted molar refractivity (Wildman–Crippen MR) is 112 cm³/mol. The van der Waals surface area contributed by atoms with Gasteiger partial charge < -0.3 is 25.4 Å². The van der Waals surface area contributed by atoms with E-state index in [4.69, 9.17) is 9.47 Å². The molecule has 0 aromatic rings. The van der Waals surface area contributed by atoms with Crippen molar-refractivity contribution in [2.45, 2.75) is 58.6 Å². The molecule has 3 N–H and O–H groups in total. The highest BCUT2D eigenvalue weighted by molar-refractivity contribution is 14.0. The van der Waals surface area contributed by atoms with Crippen molar-refractivity contribution in [3.63, 3.8) is 0 Å². The average molecular weight is 456 g/mol. The summed E-state index contributed by atoms with van der Waals surface area (Å²) in [6, 6.07) is 0. The number of nitrogens with one attached hydrogen (secondary N) is 3. The van der Waals surface area contributed by atoms with Crippen LogP contribution >= 0.6 is 24.0 Å². The molecule has 0 radical (unpaired) electrons. The van der Waals surface area contributed by atoms with Gasteiger partial charge in [-0.25, -0.2) is 0 Å². The molecule has 1 aliphatic rings. The summed E-state index contributed by atoms with van der Waals surface area (Å²) in [7, 11) is 0. The minimum absolute atomic E-state index is 0. The lowest BCUT2D eigenvalue weighted by atomic mass is 10.1. The number of halogens is 1. The Morgan fingerprint density at radius 3 is 2.67 bits per heavy atom. The molecule has 144 valence electrons. The van der Waals surface area contributed by atoms with Gasteiger partial charge in [-0.15, -0.1) is 24.0 Å². The number of ether oxygens (including phenoxy) is 2. The van der Waals surface area contributed by atoms with Gasteiger partial charge in [-0.2, -0.15) is 0 Å². The first-order valence-corrected chi connectivity index (χ1v) is 8.98. The van der Waals surface area contributed by atoms with Crippen molar-refractivity contribution < 1.29 is 9.47 Å². The van der Waals surface area contributed by atoms with Crippen LogP contribution in [0.3, 0.4) is 0 Å². The second-order valence-electron chi connectivity index (χ2n) is 6.93. The van der Waals surface area contributed by atoms with Gasteiger partial charge in [-0.1, -0.05) is 0 Å². The molecule has 0 aromatic heterocycles. The molecule has 0 amide bonds. The summed E-state index contributed by atoms with van der Waals surface area (Å²) in [5.74, 6) is 0.877. The lowest BCUT2D eigenvalue weighted by Gasteiger charge is -2.21. The number of nitrogens with zero attached hydrogens (tertiary/aromatic N) is 1. The van der Waals surface area contributed by atoms with Gasteiger partial charge >= 0.3 is 0 Å². The maximum atomic E-state index is 5.65. The number of hydrogen-bond donors (Lipinski definition) is 3. The van der Waals surface area contributed by atoms with E-state index < -0.39 is 0 Å². The molecular weight excluding hydrogens is 419 g/mol. The Balaban J connectivity index is 0.00000529. The first-order valence-electron chi connectivity index (χ1n) is 8.98. The molecule has 1 fully saturated rings.